The summed E-state index contributed by atoms with van der Waals surface area (Å²) >= 11 is 0. The number of aliphatic carboxylic acids is 1. The first kappa shape index (κ1) is 20.5. The van der Waals surface area contributed by atoms with Crippen LogP contribution < -0.4 is 5.32 Å². The molecule has 0 radical (unpaired) electrons. The number of amides is 1. The van der Waals surface area contributed by atoms with Gasteiger partial charge >= 0.3 is 5.97 Å². The molecular weight excluding hydrogens is 368 g/mol. The average Bonchev–Trinajstić information content (AvgIpc) is 2.98. The van der Waals surface area contributed by atoms with Crippen LogP contribution in [0.3, 0.4) is 0 Å². The van der Waals surface area contributed by atoms with E-state index in [1.807, 2.05) is 51.1 Å². The predicted molar refractivity (Wildman–Crippen MR) is 112 cm³/mol. The fraction of sp³-hybridized carbons (Fsp3) is 0.364. The van der Waals surface area contributed by atoms with Crippen molar-refractivity contribution in [1.29, 1.82) is 0 Å². The van der Waals surface area contributed by atoms with Gasteiger partial charge in [0.25, 0.3) is 5.91 Å². The smallest absolute Gasteiger partial charge is 0.308 e. The van der Waals surface area contributed by atoms with Crippen LogP contribution in [0.4, 0.5) is 0 Å². The fourth-order valence-corrected chi connectivity index (χ4v) is 3.53. The van der Waals surface area contributed by atoms with Gasteiger partial charge in [-0.2, -0.15) is 5.10 Å². The van der Waals surface area contributed by atoms with E-state index >= 15 is 0 Å². The molecule has 29 heavy (non-hydrogen) atoms. The monoisotopic (exact) mass is 394 g/mol. The standard InChI is InChI=1S/C22H26N4O3/c1-13(2)10-16(22(28)29)12-23-21(27)17-11-18(15-8-6-5-7-9-15)24-20-19(17)14(3)25-26(20)4/h5-9,11,13,16H,10,12H2,1-4H3,(H,23,27)(H,28,29). The molecule has 0 aliphatic carbocycles. The van der Waals surface area contributed by atoms with Gasteiger partial charge in [0.2, 0.25) is 0 Å². The molecule has 2 N–H and O–H groups in total. The van der Waals surface area contributed by atoms with Crippen LogP contribution in [0.15, 0.2) is 36.4 Å². The molecule has 0 saturated carbocycles. The number of carboxylic acids is 1. The molecule has 3 rings (SSSR count). The summed E-state index contributed by atoms with van der Waals surface area (Å²) in [6.07, 6.45) is 0.503. The van der Waals surface area contributed by atoms with Crippen molar-refractivity contribution in [3.63, 3.8) is 0 Å². The molecule has 2 aromatic heterocycles. The Kier molecular flexibility index (Phi) is 5.96. The SMILES string of the molecule is Cc1nn(C)c2nc(-c3ccccc3)cc(C(=O)NCC(CC(C)C)C(=O)O)c12. The quantitative estimate of drug-likeness (QED) is 0.640. The van der Waals surface area contributed by atoms with E-state index in [4.69, 9.17) is 4.98 Å². The molecule has 0 fully saturated rings. The molecule has 0 bridgehead atoms. The third-order valence-electron chi connectivity index (χ3n) is 4.90. The number of pyridine rings is 1. The lowest BCUT2D eigenvalue weighted by Gasteiger charge is -2.16. The molecule has 152 valence electrons. The number of hydrogen-bond donors (Lipinski definition) is 2. The number of hydrogen-bond acceptors (Lipinski definition) is 4. The number of aromatic nitrogens is 3. The summed E-state index contributed by atoms with van der Waals surface area (Å²) in [6.45, 7) is 5.85. The lowest BCUT2D eigenvalue weighted by Crippen LogP contribution is -2.33. The summed E-state index contributed by atoms with van der Waals surface area (Å²) in [6, 6.07) is 11.4. The number of aryl methyl sites for hydroxylation is 2. The van der Waals surface area contributed by atoms with Gasteiger partial charge in [-0.05, 0) is 25.3 Å². The molecule has 0 aliphatic heterocycles. The van der Waals surface area contributed by atoms with Gasteiger partial charge in [-0.1, -0.05) is 44.2 Å². The van der Waals surface area contributed by atoms with Gasteiger partial charge in [-0.15, -0.1) is 0 Å². The van der Waals surface area contributed by atoms with E-state index in [0.29, 0.717) is 34.4 Å². The van der Waals surface area contributed by atoms with Crippen molar-refractivity contribution in [2.24, 2.45) is 18.9 Å². The highest BCUT2D eigenvalue weighted by atomic mass is 16.4. The molecule has 1 amide bonds. The summed E-state index contributed by atoms with van der Waals surface area (Å²) < 4.78 is 1.66. The van der Waals surface area contributed by atoms with Crippen molar-refractivity contribution in [1.82, 2.24) is 20.1 Å². The minimum absolute atomic E-state index is 0.0795. The Labute approximate surface area is 169 Å². The number of fused-ring (bicyclic) bond motifs is 1. The molecule has 2 heterocycles. The fourth-order valence-electron chi connectivity index (χ4n) is 3.53. The number of carbonyl (C=O) groups excluding carboxylic acids is 1. The van der Waals surface area contributed by atoms with Gasteiger partial charge in [-0.3, -0.25) is 14.3 Å². The van der Waals surface area contributed by atoms with Gasteiger partial charge in [0, 0.05) is 19.2 Å². The van der Waals surface area contributed by atoms with Crippen LogP contribution in [0.5, 0.6) is 0 Å². The largest absolute Gasteiger partial charge is 0.481 e. The summed E-state index contributed by atoms with van der Waals surface area (Å²) in [4.78, 5) is 29.3. The maximum Gasteiger partial charge on any atom is 0.308 e. The van der Waals surface area contributed by atoms with Gasteiger partial charge < -0.3 is 10.4 Å². The lowest BCUT2D eigenvalue weighted by molar-refractivity contribution is -0.142. The Bertz CT molecular complexity index is 1040. The number of nitrogens with zero attached hydrogens (tertiary/aromatic N) is 3. The summed E-state index contributed by atoms with van der Waals surface area (Å²) in [7, 11) is 1.79. The zero-order valence-corrected chi connectivity index (χ0v) is 17.1. The average molecular weight is 394 g/mol. The molecule has 7 nitrogen and oxygen atoms in total. The maximum atomic E-state index is 13.0. The van der Waals surface area contributed by atoms with Crippen LogP contribution in [-0.4, -0.2) is 38.3 Å². The first-order valence-corrected chi connectivity index (χ1v) is 9.68. The van der Waals surface area contributed by atoms with Crippen LogP contribution in [0.2, 0.25) is 0 Å². The first-order chi connectivity index (χ1) is 13.8. The van der Waals surface area contributed by atoms with Crippen molar-refractivity contribution in [3.05, 3.63) is 47.7 Å². The normalized spacial score (nSPS) is 12.3. The van der Waals surface area contributed by atoms with E-state index < -0.39 is 11.9 Å². The van der Waals surface area contributed by atoms with Crippen LogP contribution in [0.1, 0.15) is 36.3 Å². The number of nitrogens with one attached hydrogen (secondary N) is 1. The second kappa shape index (κ2) is 8.43. The number of rotatable bonds is 7. The third-order valence-corrected chi connectivity index (χ3v) is 4.90. The van der Waals surface area contributed by atoms with Crippen molar-refractivity contribution >= 4 is 22.9 Å². The second-order valence-electron chi connectivity index (χ2n) is 7.70. The highest BCUT2D eigenvalue weighted by molar-refractivity contribution is 6.07. The van der Waals surface area contributed by atoms with E-state index in [1.165, 1.54) is 0 Å². The Morgan fingerprint density at radius 3 is 2.52 bits per heavy atom. The topological polar surface area (TPSA) is 97.1 Å². The summed E-state index contributed by atoms with van der Waals surface area (Å²) in [5.41, 5.74) is 3.34. The van der Waals surface area contributed by atoms with Gasteiger partial charge in [0.15, 0.2) is 5.65 Å². The van der Waals surface area contributed by atoms with Crippen LogP contribution in [-0.2, 0) is 11.8 Å². The minimum atomic E-state index is -0.901. The third kappa shape index (κ3) is 4.45. The number of benzene rings is 1. The lowest BCUT2D eigenvalue weighted by atomic mass is 9.97. The number of carboxylic acid groups (broad SMARTS) is 1. The molecule has 7 heteroatoms. The predicted octanol–water partition coefficient (Wildman–Crippen LogP) is 3.42. The van der Waals surface area contributed by atoms with Crippen LogP contribution in [0, 0.1) is 18.8 Å². The Hall–Kier alpha value is -3.22. The molecule has 0 saturated heterocycles. The number of carbonyl (C=O) groups is 2. The van der Waals surface area contributed by atoms with E-state index in [0.717, 1.165) is 5.56 Å². The molecule has 1 atom stereocenters. The highest BCUT2D eigenvalue weighted by Gasteiger charge is 2.23. The van der Waals surface area contributed by atoms with Gasteiger partial charge in [0.1, 0.15) is 0 Å². The van der Waals surface area contributed by atoms with E-state index in [-0.39, 0.29) is 18.4 Å². The zero-order valence-electron chi connectivity index (χ0n) is 17.1. The van der Waals surface area contributed by atoms with Gasteiger partial charge in [-0.25, -0.2) is 4.98 Å². The van der Waals surface area contributed by atoms with Crippen molar-refractivity contribution in [2.75, 3.05) is 6.54 Å². The van der Waals surface area contributed by atoms with E-state index in [9.17, 15) is 14.7 Å². The molecule has 3 aromatic rings. The van der Waals surface area contributed by atoms with Gasteiger partial charge in [0.05, 0.1) is 28.3 Å². The first-order valence-electron chi connectivity index (χ1n) is 9.68. The highest BCUT2D eigenvalue weighted by Crippen LogP contribution is 2.26. The molecular formula is C22H26N4O3. The zero-order chi connectivity index (χ0) is 21.1. The van der Waals surface area contributed by atoms with Crippen molar-refractivity contribution in [2.45, 2.75) is 27.2 Å². The maximum absolute atomic E-state index is 13.0. The molecule has 0 spiro atoms. The Morgan fingerprint density at radius 1 is 1.21 bits per heavy atom. The summed E-state index contributed by atoms with van der Waals surface area (Å²) in [5.74, 6) is -1.62. The van der Waals surface area contributed by atoms with Crippen LogP contribution in [0.25, 0.3) is 22.3 Å². The Balaban J connectivity index is 1.99. The molecule has 1 aromatic carbocycles. The second-order valence-corrected chi connectivity index (χ2v) is 7.70. The van der Waals surface area contributed by atoms with Crippen molar-refractivity contribution < 1.29 is 14.7 Å². The molecule has 1 unspecified atom stereocenters. The van der Waals surface area contributed by atoms with Crippen LogP contribution >= 0.6 is 0 Å². The van der Waals surface area contributed by atoms with E-state index in [1.54, 1.807) is 17.8 Å². The van der Waals surface area contributed by atoms with Crippen molar-refractivity contribution in [3.8, 4) is 11.3 Å². The Morgan fingerprint density at radius 2 is 1.90 bits per heavy atom. The minimum Gasteiger partial charge on any atom is -0.481 e. The molecule has 0 aliphatic rings. The summed E-state index contributed by atoms with van der Waals surface area (Å²) in [5, 5.41) is 17.3. The van der Waals surface area contributed by atoms with E-state index in [2.05, 4.69) is 10.4 Å².